The average molecular weight is 510 g/mol. The molecule has 1 unspecified atom stereocenters. The summed E-state index contributed by atoms with van der Waals surface area (Å²) in [5, 5.41) is 11.3. The fraction of sp³-hybridized carbons (Fsp3) is 0.161. The molecule has 2 heterocycles. The van der Waals surface area contributed by atoms with Gasteiger partial charge in [0.1, 0.15) is 29.6 Å². The molecule has 1 fully saturated rings. The lowest BCUT2D eigenvalue weighted by atomic mass is 9.95. The van der Waals surface area contributed by atoms with Crippen LogP contribution in [0.5, 0.6) is 11.5 Å². The van der Waals surface area contributed by atoms with Gasteiger partial charge in [-0.1, -0.05) is 54.6 Å². The Bertz CT molecular complexity index is 1440. The topological polar surface area (TPSA) is 89.2 Å². The summed E-state index contributed by atoms with van der Waals surface area (Å²) in [5.74, 6) is -0.00859. The van der Waals surface area contributed by atoms with Crippen molar-refractivity contribution < 1.29 is 28.6 Å². The molecule has 5 rings (SSSR count). The predicted octanol–water partition coefficient (Wildman–Crippen LogP) is 5.88. The van der Waals surface area contributed by atoms with Crippen molar-refractivity contribution in [2.24, 2.45) is 0 Å². The van der Waals surface area contributed by atoms with Crippen molar-refractivity contribution in [2.45, 2.75) is 26.1 Å². The number of hydrogen-bond donors (Lipinski definition) is 1. The largest absolute Gasteiger partial charge is 0.507 e. The molecule has 1 N–H and O–H groups in total. The maximum Gasteiger partial charge on any atom is 0.296 e. The minimum absolute atomic E-state index is 0.00755. The highest BCUT2D eigenvalue weighted by molar-refractivity contribution is 6.46. The number of carbonyl (C=O) groups is 2. The van der Waals surface area contributed by atoms with Crippen LogP contribution in [0.3, 0.4) is 0 Å². The molecule has 1 atom stereocenters. The zero-order valence-corrected chi connectivity index (χ0v) is 20.9. The Kier molecular flexibility index (Phi) is 7.26. The molecular weight excluding hydrogens is 482 g/mol. The van der Waals surface area contributed by atoms with Crippen molar-refractivity contribution in [3.8, 4) is 11.5 Å². The van der Waals surface area contributed by atoms with Gasteiger partial charge in [0.2, 0.25) is 0 Å². The highest BCUT2D eigenvalue weighted by Crippen LogP contribution is 2.41. The molecule has 0 bridgehead atoms. The number of ketones is 1. The Morgan fingerprint density at radius 3 is 2.39 bits per heavy atom. The molecule has 0 spiro atoms. The zero-order valence-electron chi connectivity index (χ0n) is 20.9. The van der Waals surface area contributed by atoms with Crippen molar-refractivity contribution >= 4 is 17.4 Å². The van der Waals surface area contributed by atoms with E-state index in [0.717, 1.165) is 5.56 Å². The monoisotopic (exact) mass is 509 g/mol. The summed E-state index contributed by atoms with van der Waals surface area (Å²) >= 11 is 0. The van der Waals surface area contributed by atoms with Gasteiger partial charge in [-0.25, -0.2) is 0 Å². The minimum Gasteiger partial charge on any atom is -0.507 e. The van der Waals surface area contributed by atoms with Gasteiger partial charge >= 0.3 is 0 Å². The van der Waals surface area contributed by atoms with Gasteiger partial charge < -0.3 is 23.9 Å². The molecule has 38 heavy (non-hydrogen) atoms. The van der Waals surface area contributed by atoms with E-state index in [-0.39, 0.29) is 17.9 Å². The summed E-state index contributed by atoms with van der Waals surface area (Å²) in [6.45, 7) is 2.80. The van der Waals surface area contributed by atoms with Gasteiger partial charge in [-0.15, -0.1) is 0 Å². The van der Waals surface area contributed by atoms with E-state index in [0.29, 0.717) is 41.6 Å². The van der Waals surface area contributed by atoms with Crippen LogP contribution in [-0.4, -0.2) is 28.3 Å². The number of aliphatic hydroxyl groups is 1. The Hall–Kier alpha value is -4.78. The molecule has 192 valence electrons. The fourth-order valence-electron chi connectivity index (χ4n) is 4.50. The van der Waals surface area contributed by atoms with Crippen LogP contribution in [0.2, 0.25) is 0 Å². The number of amides is 1. The molecule has 1 saturated heterocycles. The van der Waals surface area contributed by atoms with Gasteiger partial charge in [0.25, 0.3) is 11.7 Å². The van der Waals surface area contributed by atoms with Crippen LogP contribution < -0.4 is 9.47 Å². The van der Waals surface area contributed by atoms with Gasteiger partial charge in [0.05, 0.1) is 31.0 Å². The van der Waals surface area contributed by atoms with E-state index in [1.54, 1.807) is 60.7 Å². The quantitative estimate of drug-likeness (QED) is 0.172. The summed E-state index contributed by atoms with van der Waals surface area (Å²) in [6, 6.07) is 26.5. The Morgan fingerprint density at radius 2 is 1.68 bits per heavy atom. The van der Waals surface area contributed by atoms with Gasteiger partial charge in [-0.2, -0.15) is 0 Å². The van der Waals surface area contributed by atoms with E-state index in [1.165, 1.54) is 11.2 Å². The number of Topliss-reactive ketones (excluding diaryl/α,β-unsaturated/α-hetero) is 1. The number of carbonyl (C=O) groups excluding carboxylic acids is 2. The van der Waals surface area contributed by atoms with Crippen molar-refractivity contribution in [1.29, 1.82) is 0 Å². The standard InChI is InChI=1S/C31H27NO6/c1-2-36-25-11-6-10-23(18-25)29(33)27-28(32(31(35)30(27)34)19-26-12-7-17-37-26)22-13-15-24(16-14-22)38-20-21-8-4-3-5-9-21/h3-18,28,33H,2,19-20H2,1H3. The number of aliphatic hydroxyl groups excluding tert-OH is 1. The van der Waals surface area contributed by atoms with Crippen LogP contribution in [0.4, 0.5) is 0 Å². The lowest BCUT2D eigenvalue weighted by Crippen LogP contribution is -2.29. The van der Waals surface area contributed by atoms with Crippen molar-refractivity contribution in [1.82, 2.24) is 4.90 Å². The van der Waals surface area contributed by atoms with Crippen LogP contribution >= 0.6 is 0 Å². The molecule has 0 radical (unpaired) electrons. The van der Waals surface area contributed by atoms with Crippen molar-refractivity contribution in [3.63, 3.8) is 0 Å². The molecule has 4 aromatic rings. The minimum atomic E-state index is -0.820. The first kappa shape index (κ1) is 24.9. The number of rotatable bonds is 9. The lowest BCUT2D eigenvalue weighted by Gasteiger charge is -2.24. The lowest BCUT2D eigenvalue weighted by molar-refractivity contribution is -0.140. The van der Waals surface area contributed by atoms with Crippen LogP contribution in [0.25, 0.3) is 5.76 Å². The number of benzene rings is 3. The number of furan rings is 1. The summed E-state index contributed by atoms with van der Waals surface area (Å²) < 4.78 is 16.9. The zero-order chi connectivity index (χ0) is 26.5. The third-order valence-corrected chi connectivity index (χ3v) is 6.31. The number of ether oxygens (including phenoxy) is 2. The van der Waals surface area contributed by atoms with E-state index in [4.69, 9.17) is 13.9 Å². The van der Waals surface area contributed by atoms with E-state index in [9.17, 15) is 14.7 Å². The number of hydrogen-bond acceptors (Lipinski definition) is 6. The maximum absolute atomic E-state index is 13.3. The van der Waals surface area contributed by atoms with Crippen LogP contribution in [0.1, 0.15) is 35.4 Å². The molecule has 3 aromatic carbocycles. The highest BCUT2D eigenvalue weighted by atomic mass is 16.5. The van der Waals surface area contributed by atoms with E-state index in [1.807, 2.05) is 37.3 Å². The molecule has 1 aromatic heterocycles. The second-order valence-electron chi connectivity index (χ2n) is 8.81. The Labute approximate surface area is 220 Å². The molecule has 0 aliphatic carbocycles. The summed E-state index contributed by atoms with van der Waals surface area (Å²) in [7, 11) is 0. The molecule has 7 nitrogen and oxygen atoms in total. The van der Waals surface area contributed by atoms with Gasteiger partial charge in [-0.3, -0.25) is 9.59 Å². The maximum atomic E-state index is 13.3. The van der Waals surface area contributed by atoms with Gasteiger partial charge in [0.15, 0.2) is 0 Å². The third kappa shape index (κ3) is 5.18. The first-order chi connectivity index (χ1) is 18.5. The third-order valence-electron chi connectivity index (χ3n) is 6.31. The highest BCUT2D eigenvalue weighted by Gasteiger charge is 2.46. The van der Waals surface area contributed by atoms with E-state index < -0.39 is 17.7 Å². The molecule has 0 saturated carbocycles. The van der Waals surface area contributed by atoms with Crippen LogP contribution in [-0.2, 0) is 22.7 Å². The van der Waals surface area contributed by atoms with E-state index >= 15 is 0 Å². The average Bonchev–Trinajstić information content (AvgIpc) is 3.55. The Morgan fingerprint density at radius 1 is 0.895 bits per heavy atom. The summed E-state index contributed by atoms with van der Waals surface area (Å²) in [4.78, 5) is 27.9. The first-order valence-electron chi connectivity index (χ1n) is 12.4. The molecule has 1 amide bonds. The molecule has 7 heteroatoms. The van der Waals surface area contributed by atoms with Gasteiger partial charge in [0, 0.05) is 5.56 Å². The van der Waals surface area contributed by atoms with Gasteiger partial charge in [-0.05, 0) is 54.4 Å². The van der Waals surface area contributed by atoms with Crippen LogP contribution in [0, 0.1) is 0 Å². The Balaban J connectivity index is 1.51. The first-order valence-corrected chi connectivity index (χ1v) is 12.4. The predicted molar refractivity (Wildman–Crippen MR) is 141 cm³/mol. The van der Waals surface area contributed by atoms with Crippen LogP contribution in [0.15, 0.2) is 107 Å². The summed E-state index contributed by atoms with van der Waals surface area (Å²) in [5.41, 5.74) is 2.09. The fourth-order valence-corrected chi connectivity index (χ4v) is 4.50. The second-order valence-corrected chi connectivity index (χ2v) is 8.81. The number of likely N-dealkylation sites (tertiary alicyclic amines) is 1. The van der Waals surface area contributed by atoms with Crippen molar-refractivity contribution in [3.05, 3.63) is 125 Å². The molecular formula is C31H27NO6. The number of nitrogens with zero attached hydrogens (tertiary/aromatic N) is 1. The molecule has 1 aliphatic rings. The smallest absolute Gasteiger partial charge is 0.296 e. The second kappa shape index (κ2) is 11.1. The normalized spacial score (nSPS) is 16.6. The summed E-state index contributed by atoms with van der Waals surface area (Å²) in [6.07, 6.45) is 1.51. The van der Waals surface area contributed by atoms with E-state index in [2.05, 4.69) is 0 Å². The SMILES string of the molecule is CCOc1cccc(C(O)=C2C(=O)C(=O)N(Cc3ccco3)C2c2ccc(OCc3ccccc3)cc2)c1. The molecule has 1 aliphatic heterocycles. The van der Waals surface area contributed by atoms with Crippen molar-refractivity contribution in [2.75, 3.05) is 6.61 Å².